The first-order chi connectivity index (χ1) is 16.5. The lowest BCUT2D eigenvalue weighted by molar-refractivity contribution is 0.100. The predicted octanol–water partition coefficient (Wildman–Crippen LogP) is 5.11. The van der Waals surface area contributed by atoms with E-state index >= 15 is 0 Å². The number of rotatable bonds is 6. The first kappa shape index (κ1) is 25.1. The van der Waals surface area contributed by atoms with Gasteiger partial charge in [0.2, 0.25) is 0 Å². The lowest BCUT2D eigenvalue weighted by Gasteiger charge is -2.23. The third-order valence-electron chi connectivity index (χ3n) is 6.08. The number of carbonyl (C=O) groups is 1. The number of hydrazone groups is 1. The van der Waals surface area contributed by atoms with Gasteiger partial charge in [0, 0.05) is 48.6 Å². The Hall–Kier alpha value is -1.98. The average Bonchev–Trinajstić information content (AvgIpc) is 2.99. The van der Waals surface area contributed by atoms with Gasteiger partial charge < -0.3 is 20.1 Å². The minimum absolute atomic E-state index is 0.1000. The van der Waals surface area contributed by atoms with Gasteiger partial charge in [0.1, 0.15) is 10.4 Å². The number of halogens is 1. The molecule has 7 nitrogen and oxygen atoms in total. The van der Waals surface area contributed by atoms with Crippen LogP contribution < -0.4 is 15.4 Å². The van der Waals surface area contributed by atoms with Gasteiger partial charge in [-0.25, -0.2) is 9.80 Å². The molecule has 9 heteroatoms. The molecule has 2 aliphatic heterocycles. The Labute approximate surface area is 219 Å². The van der Waals surface area contributed by atoms with Crippen LogP contribution in [0.5, 0.6) is 5.75 Å². The molecule has 34 heavy (non-hydrogen) atoms. The Kier molecular flexibility index (Phi) is 8.60. The monoisotopic (exact) mass is 594 g/mol. The number of nitrogens with zero attached hydrogens (tertiary/aromatic N) is 2. The summed E-state index contributed by atoms with van der Waals surface area (Å²) in [5, 5.41) is 13.0. The van der Waals surface area contributed by atoms with E-state index in [1.54, 1.807) is 12.1 Å². The van der Waals surface area contributed by atoms with Crippen LogP contribution in [0.3, 0.4) is 0 Å². The second-order valence-corrected chi connectivity index (χ2v) is 10.4. The summed E-state index contributed by atoms with van der Waals surface area (Å²) in [5.74, 6) is 0.775. The molecule has 1 saturated heterocycles. The van der Waals surface area contributed by atoms with E-state index in [-0.39, 0.29) is 12.1 Å². The zero-order chi connectivity index (χ0) is 24.1. The highest BCUT2D eigenvalue weighted by molar-refractivity contribution is 14.1. The number of benzene rings is 2. The SMILES string of the molecule is CNC(=O)N1N=C(c2cccc(SC3CCOCC3)c2)c2cc(OCI)c(NC)cc2CC1C. The second-order valence-electron chi connectivity index (χ2n) is 8.37. The van der Waals surface area contributed by atoms with Gasteiger partial charge in [0.15, 0.2) is 0 Å². The summed E-state index contributed by atoms with van der Waals surface area (Å²) in [6.07, 6.45) is 2.81. The van der Waals surface area contributed by atoms with Crippen LogP contribution in [-0.2, 0) is 11.2 Å². The van der Waals surface area contributed by atoms with Crippen LogP contribution >= 0.6 is 34.4 Å². The van der Waals surface area contributed by atoms with Gasteiger partial charge in [0.25, 0.3) is 0 Å². The van der Waals surface area contributed by atoms with E-state index < -0.39 is 0 Å². The molecule has 0 aromatic heterocycles. The Bertz CT molecular complexity index is 1060. The highest BCUT2D eigenvalue weighted by Crippen LogP contribution is 2.35. The summed E-state index contributed by atoms with van der Waals surface area (Å²) in [6.45, 7) is 3.67. The standard InChI is InChI=1S/C25H31IN4O3S/c1-16-11-18-13-22(27-2)23(33-15-26)14-21(18)24(29-30(16)25(31)28-3)17-5-4-6-20(12-17)34-19-7-9-32-10-8-19/h4-6,12-14,16,19,27H,7-11,15H2,1-3H3,(H,28,31). The Balaban J connectivity index is 1.80. The summed E-state index contributed by atoms with van der Waals surface area (Å²) in [7, 11) is 3.53. The molecule has 0 bridgehead atoms. The first-order valence-corrected chi connectivity index (χ1v) is 13.9. The maximum atomic E-state index is 12.7. The van der Waals surface area contributed by atoms with Crippen LogP contribution in [0.25, 0.3) is 0 Å². The van der Waals surface area contributed by atoms with Crippen LogP contribution in [0.15, 0.2) is 46.4 Å². The second kappa shape index (κ2) is 11.6. The van der Waals surface area contributed by atoms with Crippen LogP contribution in [0, 0.1) is 0 Å². The average molecular weight is 595 g/mol. The molecule has 4 rings (SSSR count). The molecule has 2 heterocycles. The Morgan fingerprint density at radius 2 is 2.06 bits per heavy atom. The van der Waals surface area contributed by atoms with E-state index in [0.717, 1.165) is 59.9 Å². The van der Waals surface area contributed by atoms with E-state index in [9.17, 15) is 4.79 Å². The van der Waals surface area contributed by atoms with Crippen molar-refractivity contribution in [1.82, 2.24) is 10.3 Å². The van der Waals surface area contributed by atoms with E-state index in [1.165, 1.54) is 4.90 Å². The fourth-order valence-corrected chi connectivity index (χ4v) is 5.83. The number of amides is 2. The van der Waals surface area contributed by atoms with Gasteiger partial charge in [-0.05, 0) is 78.6 Å². The summed E-state index contributed by atoms with van der Waals surface area (Å²) in [4.78, 5) is 13.9. The lowest BCUT2D eigenvalue weighted by atomic mass is 9.93. The van der Waals surface area contributed by atoms with Crippen molar-refractivity contribution in [2.45, 2.75) is 42.4 Å². The maximum Gasteiger partial charge on any atom is 0.337 e. The largest absolute Gasteiger partial charge is 0.481 e. The summed E-state index contributed by atoms with van der Waals surface area (Å²) >= 11 is 4.10. The van der Waals surface area contributed by atoms with Crippen molar-refractivity contribution < 1.29 is 14.3 Å². The quantitative estimate of drug-likeness (QED) is 0.360. The number of anilines is 1. The van der Waals surface area contributed by atoms with Gasteiger partial charge in [-0.1, -0.05) is 12.1 Å². The van der Waals surface area contributed by atoms with E-state index in [0.29, 0.717) is 16.3 Å². The third-order valence-corrected chi connectivity index (χ3v) is 7.72. The minimum Gasteiger partial charge on any atom is -0.481 e. The van der Waals surface area contributed by atoms with Crippen LogP contribution in [0.2, 0.25) is 0 Å². The summed E-state index contributed by atoms with van der Waals surface area (Å²) < 4.78 is 12.0. The van der Waals surface area contributed by atoms with Crippen molar-refractivity contribution in [1.29, 1.82) is 0 Å². The van der Waals surface area contributed by atoms with Crippen LogP contribution in [-0.4, -0.2) is 60.0 Å². The molecule has 2 N–H and O–H groups in total. The number of carbonyl (C=O) groups excluding carboxylic acids is 1. The number of urea groups is 1. The molecular formula is C25H31IN4O3S. The first-order valence-electron chi connectivity index (χ1n) is 11.5. The molecule has 0 radical (unpaired) electrons. The molecule has 182 valence electrons. The molecule has 2 aromatic rings. The highest BCUT2D eigenvalue weighted by Gasteiger charge is 2.28. The van der Waals surface area contributed by atoms with E-state index in [4.69, 9.17) is 14.6 Å². The van der Waals surface area contributed by atoms with Crippen molar-refractivity contribution in [2.75, 3.05) is 37.2 Å². The molecule has 2 aromatic carbocycles. The molecule has 0 saturated carbocycles. The molecule has 2 aliphatic rings. The minimum atomic E-state index is -0.219. The number of alkyl halides is 1. The summed E-state index contributed by atoms with van der Waals surface area (Å²) in [6, 6.07) is 12.3. The molecule has 0 spiro atoms. The fourth-order valence-electron chi connectivity index (χ4n) is 4.33. The predicted molar refractivity (Wildman–Crippen MR) is 147 cm³/mol. The van der Waals surface area contributed by atoms with Crippen molar-refractivity contribution in [3.05, 3.63) is 53.1 Å². The summed E-state index contributed by atoms with van der Waals surface area (Å²) in [5.41, 5.74) is 4.81. The molecular weight excluding hydrogens is 563 g/mol. The zero-order valence-electron chi connectivity index (χ0n) is 19.8. The maximum absolute atomic E-state index is 12.7. The highest BCUT2D eigenvalue weighted by atomic mass is 127. The fraction of sp³-hybridized carbons (Fsp3) is 0.440. The third kappa shape index (κ3) is 5.63. The van der Waals surface area contributed by atoms with E-state index in [1.807, 2.05) is 25.7 Å². The van der Waals surface area contributed by atoms with E-state index in [2.05, 4.69) is 69.6 Å². The molecule has 1 atom stereocenters. The number of hydrogen-bond donors (Lipinski definition) is 2. The lowest BCUT2D eigenvalue weighted by Crippen LogP contribution is -2.41. The molecule has 2 amide bonds. The topological polar surface area (TPSA) is 75.2 Å². The van der Waals surface area contributed by atoms with Crippen molar-refractivity contribution in [3.63, 3.8) is 0 Å². The normalized spacial score (nSPS) is 18.5. The Morgan fingerprint density at radius 3 is 2.76 bits per heavy atom. The van der Waals surface area contributed by atoms with Gasteiger partial charge in [0.05, 0.1) is 17.4 Å². The van der Waals surface area contributed by atoms with Gasteiger partial charge in [-0.3, -0.25) is 0 Å². The number of nitrogens with one attached hydrogen (secondary N) is 2. The number of ether oxygens (including phenoxy) is 2. The molecule has 0 aliphatic carbocycles. The smallest absolute Gasteiger partial charge is 0.337 e. The molecule has 1 fully saturated rings. The van der Waals surface area contributed by atoms with Gasteiger partial charge in [-0.2, -0.15) is 5.10 Å². The van der Waals surface area contributed by atoms with Crippen molar-refractivity contribution in [3.8, 4) is 5.75 Å². The number of fused-ring (bicyclic) bond motifs is 1. The molecule has 1 unspecified atom stereocenters. The zero-order valence-corrected chi connectivity index (χ0v) is 22.7. The van der Waals surface area contributed by atoms with Crippen LogP contribution in [0.4, 0.5) is 10.5 Å². The number of hydrogen-bond acceptors (Lipinski definition) is 6. The van der Waals surface area contributed by atoms with Crippen molar-refractivity contribution >= 4 is 51.8 Å². The van der Waals surface area contributed by atoms with Crippen molar-refractivity contribution in [2.24, 2.45) is 5.10 Å². The Morgan fingerprint density at radius 1 is 1.26 bits per heavy atom. The van der Waals surface area contributed by atoms with Crippen LogP contribution in [0.1, 0.15) is 36.5 Å². The number of thioether (sulfide) groups is 1. The van der Waals surface area contributed by atoms with Gasteiger partial charge >= 0.3 is 6.03 Å². The van der Waals surface area contributed by atoms with Gasteiger partial charge in [-0.15, -0.1) is 11.8 Å².